The van der Waals surface area contributed by atoms with E-state index in [0.29, 0.717) is 4.88 Å². The molecule has 0 aliphatic rings. The van der Waals surface area contributed by atoms with Crippen molar-refractivity contribution in [3.05, 3.63) is 70.9 Å². The van der Waals surface area contributed by atoms with Gasteiger partial charge in [-0.2, -0.15) is 0 Å². The first-order valence-electron chi connectivity index (χ1n) is 7.79. The lowest BCUT2D eigenvalue weighted by Gasteiger charge is -2.25. The lowest BCUT2D eigenvalue weighted by Crippen LogP contribution is -2.29. The number of carbonyl (C=O) groups excluding carboxylic acids is 1. The Hall–Kier alpha value is -2.53. The number of benzene rings is 1. The Balaban J connectivity index is 1.86. The molecule has 1 amide bonds. The first kappa shape index (κ1) is 16.3. The Morgan fingerprint density at radius 1 is 1.12 bits per heavy atom. The van der Waals surface area contributed by atoms with Crippen LogP contribution in [-0.2, 0) is 0 Å². The first-order valence-corrected chi connectivity index (χ1v) is 8.60. The van der Waals surface area contributed by atoms with Crippen molar-refractivity contribution in [2.24, 2.45) is 0 Å². The summed E-state index contributed by atoms with van der Waals surface area (Å²) in [5.74, 6) is -0.0106. The molecule has 0 spiro atoms. The zero-order valence-electron chi connectivity index (χ0n) is 13.9. The quantitative estimate of drug-likeness (QED) is 0.711. The molecular weight excluding hydrogens is 318 g/mol. The summed E-state index contributed by atoms with van der Waals surface area (Å²) in [5.41, 5.74) is 2.65. The highest BCUT2D eigenvalue weighted by molar-refractivity contribution is 7.17. The molecule has 0 N–H and O–H groups in total. The molecule has 122 valence electrons. The monoisotopic (exact) mass is 337 g/mol. The summed E-state index contributed by atoms with van der Waals surface area (Å²) in [5, 5.41) is 0.775. The molecule has 0 aliphatic carbocycles. The van der Waals surface area contributed by atoms with Gasteiger partial charge in [0.05, 0.1) is 17.4 Å². The Morgan fingerprint density at radius 3 is 2.50 bits per heavy atom. The molecule has 0 bridgehead atoms. The summed E-state index contributed by atoms with van der Waals surface area (Å²) in [4.78, 5) is 24.2. The maximum atomic E-state index is 12.9. The first-order chi connectivity index (χ1) is 11.6. The van der Waals surface area contributed by atoms with Crippen molar-refractivity contribution in [2.75, 3.05) is 7.05 Å². The largest absolute Gasteiger partial charge is 0.334 e. The van der Waals surface area contributed by atoms with Gasteiger partial charge in [0.25, 0.3) is 5.91 Å². The van der Waals surface area contributed by atoms with Crippen LogP contribution in [0.5, 0.6) is 0 Å². The minimum atomic E-state index is -0.0106. The van der Waals surface area contributed by atoms with E-state index in [4.69, 9.17) is 0 Å². The predicted octanol–water partition coefficient (Wildman–Crippen LogP) is 4.35. The van der Waals surface area contributed by atoms with Crippen molar-refractivity contribution in [2.45, 2.75) is 19.9 Å². The van der Waals surface area contributed by atoms with Gasteiger partial charge in [0.2, 0.25) is 0 Å². The van der Waals surface area contributed by atoms with E-state index in [-0.39, 0.29) is 11.9 Å². The van der Waals surface area contributed by atoms with Crippen LogP contribution in [0.2, 0.25) is 0 Å². The molecule has 0 unspecified atom stereocenters. The zero-order valence-corrected chi connectivity index (χ0v) is 14.7. The van der Waals surface area contributed by atoms with E-state index < -0.39 is 0 Å². The number of aryl methyl sites for hydroxylation is 1. The van der Waals surface area contributed by atoms with Gasteiger partial charge in [0, 0.05) is 13.2 Å². The topological polar surface area (TPSA) is 46.1 Å². The maximum Gasteiger partial charge on any atom is 0.266 e. The van der Waals surface area contributed by atoms with Gasteiger partial charge in [0.15, 0.2) is 0 Å². The van der Waals surface area contributed by atoms with Gasteiger partial charge in [0.1, 0.15) is 9.88 Å². The number of thiazole rings is 1. The number of nitrogens with zero attached hydrogens (tertiary/aromatic N) is 3. The molecule has 2 aromatic heterocycles. The molecule has 2 heterocycles. The van der Waals surface area contributed by atoms with Crippen LogP contribution in [0.4, 0.5) is 0 Å². The average molecular weight is 337 g/mol. The molecule has 0 saturated carbocycles. The third-order valence-electron chi connectivity index (χ3n) is 4.06. The number of rotatable bonds is 4. The molecule has 3 aromatic rings. The van der Waals surface area contributed by atoms with Crippen molar-refractivity contribution in [3.63, 3.8) is 0 Å². The van der Waals surface area contributed by atoms with E-state index in [1.807, 2.05) is 69.4 Å². The number of aromatic nitrogens is 2. The Bertz CT molecular complexity index is 830. The summed E-state index contributed by atoms with van der Waals surface area (Å²) < 4.78 is 0. The van der Waals surface area contributed by atoms with Crippen molar-refractivity contribution in [1.82, 2.24) is 14.9 Å². The van der Waals surface area contributed by atoms with Crippen LogP contribution in [0.15, 0.2) is 54.7 Å². The van der Waals surface area contributed by atoms with Crippen molar-refractivity contribution in [3.8, 4) is 10.7 Å². The molecule has 4 nitrogen and oxygen atoms in total. The van der Waals surface area contributed by atoms with Crippen LogP contribution in [0.3, 0.4) is 0 Å². The Morgan fingerprint density at radius 2 is 1.83 bits per heavy atom. The van der Waals surface area contributed by atoms with E-state index in [0.717, 1.165) is 22.0 Å². The predicted molar refractivity (Wildman–Crippen MR) is 97.0 cm³/mol. The minimum Gasteiger partial charge on any atom is -0.334 e. The molecule has 0 radical (unpaired) electrons. The highest BCUT2D eigenvalue weighted by Gasteiger charge is 2.23. The van der Waals surface area contributed by atoms with E-state index in [1.54, 1.807) is 11.1 Å². The average Bonchev–Trinajstić information content (AvgIpc) is 3.03. The van der Waals surface area contributed by atoms with Crippen LogP contribution < -0.4 is 0 Å². The fourth-order valence-electron chi connectivity index (χ4n) is 2.48. The molecule has 3 rings (SSSR count). The van der Waals surface area contributed by atoms with Gasteiger partial charge in [-0.3, -0.25) is 9.78 Å². The van der Waals surface area contributed by atoms with E-state index in [1.165, 1.54) is 11.3 Å². The van der Waals surface area contributed by atoms with E-state index >= 15 is 0 Å². The number of hydrogen-bond acceptors (Lipinski definition) is 4. The second kappa shape index (κ2) is 6.93. The maximum absolute atomic E-state index is 12.9. The smallest absolute Gasteiger partial charge is 0.266 e. The number of pyridine rings is 1. The second-order valence-electron chi connectivity index (χ2n) is 5.65. The molecular formula is C19H19N3OS. The third kappa shape index (κ3) is 3.21. The van der Waals surface area contributed by atoms with Crippen molar-refractivity contribution >= 4 is 17.2 Å². The Kier molecular flexibility index (Phi) is 4.71. The fraction of sp³-hybridized carbons (Fsp3) is 0.211. The van der Waals surface area contributed by atoms with Gasteiger partial charge in [-0.15, -0.1) is 11.3 Å². The number of amides is 1. The van der Waals surface area contributed by atoms with Gasteiger partial charge in [-0.1, -0.05) is 36.4 Å². The van der Waals surface area contributed by atoms with Gasteiger partial charge >= 0.3 is 0 Å². The van der Waals surface area contributed by atoms with Gasteiger partial charge < -0.3 is 4.90 Å². The molecule has 5 heteroatoms. The van der Waals surface area contributed by atoms with Crippen LogP contribution in [0.1, 0.15) is 33.9 Å². The molecule has 0 fully saturated rings. The molecule has 1 aromatic carbocycles. The van der Waals surface area contributed by atoms with Crippen LogP contribution in [0, 0.1) is 6.92 Å². The normalized spacial score (nSPS) is 12.0. The standard InChI is InChI=1S/C19H19N3OS/c1-13-17(24-18(21-13)16-11-7-8-12-20-16)19(23)22(3)14(2)15-9-5-4-6-10-15/h4-12,14H,1-3H3/t14-/m0/s1. The van der Waals surface area contributed by atoms with Crippen LogP contribution in [0.25, 0.3) is 10.7 Å². The summed E-state index contributed by atoms with van der Waals surface area (Å²) in [6.45, 7) is 3.90. The summed E-state index contributed by atoms with van der Waals surface area (Å²) in [6, 6.07) is 15.7. The van der Waals surface area contributed by atoms with Crippen molar-refractivity contribution < 1.29 is 4.79 Å². The highest BCUT2D eigenvalue weighted by Crippen LogP contribution is 2.29. The number of hydrogen-bond donors (Lipinski definition) is 0. The lowest BCUT2D eigenvalue weighted by atomic mass is 10.1. The van der Waals surface area contributed by atoms with Gasteiger partial charge in [-0.05, 0) is 31.5 Å². The molecule has 24 heavy (non-hydrogen) atoms. The van der Waals surface area contributed by atoms with E-state index in [2.05, 4.69) is 9.97 Å². The molecule has 1 atom stereocenters. The van der Waals surface area contributed by atoms with Crippen molar-refractivity contribution in [1.29, 1.82) is 0 Å². The van der Waals surface area contributed by atoms with Crippen LogP contribution >= 0.6 is 11.3 Å². The lowest BCUT2D eigenvalue weighted by molar-refractivity contribution is 0.0746. The zero-order chi connectivity index (χ0) is 17.1. The second-order valence-corrected chi connectivity index (χ2v) is 6.65. The van der Waals surface area contributed by atoms with Crippen LogP contribution in [-0.4, -0.2) is 27.8 Å². The summed E-state index contributed by atoms with van der Waals surface area (Å²) in [6.07, 6.45) is 1.73. The van der Waals surface area contributed by atoms with E-state index in [9.17, 15) is 4.79 Å². The fourth-order valence-corrected chi connectivity index (χ4v) is 3.51. The summed E-state index contributed by atoms with van der Waals surface area (Å²) in [7, 11) is 1.83. The molecule has 0 aliphatic heterocycles. The third-order valence-corrected chi connectivity index (χ3v) is 5.23. The Labute approximate surface area is 145 Å². The molecule has 0 saturated heterocycles. The summed E-state index contributed by atoms with van der Waals surface area (Å²) >= 11 is 1.40. The number of carbonyl (C=O) groups is 1. The SMILES string of the molecule is Cc1nc(-c2ccccn2)sc1C(=O)N(C)[C@@H](C)c1ccccc1. The minimum absolute atomic E-state index is 0.00139. The highest BCUT2D eigenvalue weighted by atomic mass is 32.1. The van der Waals surface area contributed by atoms with Gasteiger partial charge in [-0.25, -0.2) is 4.98 Å².